The first kappa shape index (κ1) is 9.52. The van der Waals surface area contributed by atoms with Gasteiger partial charge in [-0.25, -0.2) is 4.99 Å². The maximum Gasteiger partial charge on any atom is 0.289 e. The third-order valence-corrected chi connectivity index (χ3v) is 2.39. The molecule has 7 nitrogen and oxygen atoms in total. The van der Waals surface area contributed by atoms with Gasteiger partial charge in [-0.2, -0.15) is 5.21 Å². The molecule has 0 amide bonds. The molecule has 1 heterocycles. The molecule has 0 radical (unpaired) electrons. The van der Waals surface area contributed by atoms with E-state index in [9.17, 15) is 9.59 Å². The molecule has 0 saturated carbocycles. The standard InChI is InChI=1S/C10H5N5O2/c16-8-5-3-1-2-4-6(5)9(17)7(8)11-10-12-14-15-13-10/h1-4H,(H,12,13,14,15). The minimum absolute atomic E-state index is 0.0329. The SMILES string of the molecule is O=c1c(=Nc2nn[nH]n2)c(=O)c2ccccc12. The van der Waals surface area contributed by atoms with Gasteiger partial charge in [0.1, 0.15) is 0 Å². The Morgan fingerprint density at radius 3 is 2.24 bits per heavy atom. The van der Waals surface area contributed by atoms with Crippen LogP contribution < -0.4 is 16.2 Å². The Morgan fingerprint density at radius 1 is 1.06 bits per heavy atom. The molecule has 0 atom stereocenters. The van der Waals surface area contributed by atoms with Gasteiger partial charge in [0, 0.05) is 10.8 Å². The number of nitrogens with one attached hydrogen (secondary N) is 1. The molecule has 3 rings (SSSR count). The summed E-state index contributed by atoms with van der Waals surface area (Å²) in [6.07, 6.45) is 0. The van der Waals surface area contributed by atoms with Crippen LogP contribution in [0, 0.1) is 0 Å². The summed E-state index contributed by atoms with van der Waals surface area (Å²) in [6, 6.07) is 6.57. The number of benzene rings is 1. The highest BCUT2D eigenvalue weighted by Crippen LogP contribution is 2.02. The smallest absolute Gasteiger partial charge is 0.287 e. The highest BCUT2D eigenvalue weighted by molar-refractivity contribution is 5.83. The van der Waals surface area contributed by atoms with Gasteiger partial charge in [0.15, 0.2) is 5.36 Å². The Balaban J connectivity index is 2.47. The van der Waals surface area contributed by atoms with Gasteiger partial charge in [-0.05, 0) is 5.21 Å². The second-order valence-electron chi connectivity index (χ2n) is 3.38. The first-order valence-electron chi connectivity index (χ1n) is 4.78. The van der Waals surface area contributed by atoms with Crippen LogP contribution in [-0.2, 0) is 0 Å². The Morgan fingerprint density at radius 2 is 1.71 bits per heavy atom. The van der Waals surface area contributed by atoms with E-state index in [1.807, 2.05) is 0 Å². The van der Waals surface area contributed by atoms with E-state index in [-0.39, 0.29) is 11.3 Å². The first-order valence-corrected chi connectivity index (χ1v) is 4.78. The van der Waals surface area contributed by atoms with E-state index in [4.69, 9.17) is 0 Å². The number of fused-ring (bicyclic) bond motifs is 1. The van der Waals surface area contributed by atoms with Crippen LogP contribution in [0.2, 0.25) is 0 Å². The lowest BCUT2D eigenvalue weighted by Gasteiger charge is -1.81. The van der Waals surface area contributed by atoms with E-state index < -0.39 is 10.9 Å². The maximum absolute atomic E-state index is 11.9. The van der Waals surface area contributed by atoms with Crippen LogP contribution in [0.5, 0.6) is 0 Å². The van der Waals surface area contributed by atoms with Gasteiger partial charge in [-0.1, -0.05) is 29.4 Å². The van der Waals surface area contributed by atoms with Crippen LogP contribution in [-0.4, -0.2) is 20.6 Å². The monoisotopic (exact) mass is 227 g/mol. The number of aromatic amines is 1. The minimum atomic E-state index is -0.407. The van der Waals surface area contributed by atoms with Crippen LogP contribution in [0.15, 0.2) is 38.8 Å². The second-order valence-corrected chi connectivity index (χ2v) is 3.38. The Kier molecular flexibility index (Phi) is 1.91. The summed E-state index contributed by atoms with van der Waals surface area (Å²) < 4.78 is 0. The van der Waals surface area contributed by atoms with Gasteiger partial charge >= 0.3 is 0 Å². The van der Waals surface area contributed by atoms with Gasteiger partial charge < -0.3 is 0 Å². The Bertz CT molecular complexity index is 778. The molecule has 17 heavy (non-hydrogen) atoms. The number of rotatable bonds is 1. The second kappa shape index (κ2) is 3.41. The van der Waals surface area contributed by atoms with Crippen molar-refractivity contribution < 1.29 is 0 Å². The number of hydrogen-bond donors (Lipinski definition) is 1. The lowest BCUT2D eigenvalue weighted by molar-refractivity contribution is 0.881. The van der Waals surface area contributed by atoms with Crippen molar-refractivity contribution in [3.8, 4) is 0 Å². The molecule has 3 aromatic rings. The Hall–Kier alpha value is -2.70. The van der Waals surface area contributed by atoms with Crippen molar-refractivity contribution in [2.75, 3.05) is 0 Å². The first-order chi connectivity index (χ1) is 8.27. The van der Waals surface area contributed by atoms with E-state index in [1.54, 1.807) is 24.3 Å². The predicted molar refractivity (Wildman–Crippen MR) is 58.3 cm³/mol. The molecular formula is C10H5N5O2. The topological polar surface area (TPSA) is 101 Å². The van der Waals surface area contributed by atoms with Gasteiger partial charge in [-0.3, -0.25) is 9.59 Å². The zero-order chi connectivity index (χ0) is 11.8. The van der Waals surface area contributed by atoms with Gasteiger partial charge in [0.25, 0.3) is 5.95 Å². The van der Waals surface area contributed by atoms with E-state index in [0.717, 1.165) is 0 Å². The quantitative estimate of drug-likeness (QED) is 0.585. The van der Waals surface area contributed by atoms with Crippen LogP contribution in [0.4, 0.5) is 5.95 Å². The molecular weight excluding hydrogens is 222 g/mol. The van der Waals surface area contributed by atoms with Gasteiger partial charge in [0.05, 0.1) is 0 Å². The van der Waals surface area contributed by atoms with Crippen molar-refractivity contribution in [2.45, 2.75) is 0 Å². The van der Waals surface area contributed by atoms with Crippen molar-refractivity contribution in [3.05, 3.63) is 50.1 Å². The van der Waals surface area contributed by atoms with Crippen LogP contribution >= 0.6 is 0 Å². The van der Waals surface area contributed by atoms with Gasteiger partial charge in [0.2, 0.25) is 10.9 Å². The van der Waals surface area contributed by atoms with Gasteiger partial charge in [-0.15, -0.1) is 5.10 Å². The summed E-state index contributed by atoms with van der Waals surface area (Å²) in [4.78, 5) is 27.6. The Labute approximate surface area is 93.2 Å². The fraction of sp³-hybridized carbons (Fsp3) is 0. The molecule has 0 saturated heterocycles. The average molecular weight is 227 g/mol. The number of nitrogens with zero attached hydrogens (tertiary/aromatic N) is 4. The summed E-state index contributed by atoms with van der Waals surface area (Å²) in [6.45, 7) is 0. The fourth-order valence-electron chi connectivity index (χ4n) is 1.64. The van der Waals surface area contributed by atoms with Crippen LogP contribution in [0.25, 0.3) is 10.8 Å². The molecule has 1 aromatic heterocycles. The van der Waals surface area contributed by atoms with Crippen molar-refractivity contribution >= 4 is 16.7 Å². The number of hydrogen-bond acceptors (Lipinski definition) is 6. The summed E-state index contributed by atoms with van der Waals surface area (Å²) in [7, 11) is 0. The number of tetrazole rings is 1. The fourth-order valence-corrected chi connectivity index (χ4v) is 1.64. The van der Waals surface area contributed by atoms with E-state index >= 15 is 0 Å². The average Bonchev–Trinajstić information content (AvgIpc) is 2.94. The third kappa shape index (κ3) is 1.36. The molecule has 7 heteroatoms. The number of H-pyrrole nitrogens is 1. The lowest BCUT2D eigenvalue weighted by atomic mass is 10.2. The molecule has 0 aliphatic heterocycles. The van der Waals surface area contributed by atoms with Crippen LogP contribution in [0.1, 0.15) is 0 Å². The lowest BCUT2D eigenvalue weighted by Crippen LogP contribution is -2.31. The molecule has 0 aliphatic carbocycles. The zero-order valence-corrected chi connectivity index (χ0v) is 8.41. The summed E-state index contributed by atoms with van der Waals surface area (Å²) >= 11 is 0. The molecule has 1 N–H and O–H groups in total. The van der Waals surface area contributed by atoms with E-state index in [1.165, 1.54) is 0 Å². The highest BCUT2D eigenvalue weighted by atomic mass is 16.1. The molecule has 0 bridgehead atoms. The van der Waals surface area contributed by atoms with E-state index in [2.05, 4.69) is 25.6 Å². The van der Waals surface area contributed by atoms with Crippen molar-refractivity contribution in [1.82, 2.24) is 20.6 Å². The predicted octanol–water partition coefficient (Wildman–Crippen LogP) is -0.819. The zero-order valence-electron chi connectivity index (χ0n) is 8.41. The molecule has 0 unspecified atom stereocenters. The molecule has 0 aliphatic rings. The van der Waals surface area contributed by atoms with Crippen molar-refractivity contribution in [2.24, 2.45) is 4.99 Å². The van der Waals surface area contributed by atoms with Crippen molar-refractivity contribution in [3.63, 3.8) is 0 Å². The van der Waals surface area contributed by atoms with Crippen molar-refractivity contribution in [1.29, 1.82) is 0 Å². The molecule has 0 spiro atoms. The number of aromatic nitrogens is 4. The van der Waals surface area contributed by atoms with Crippen LogP contribution in [0.3, 0.4) is 0 Å². The largest absolute Gasteiger partial charge is 0.289 e. The normalized spacial score (nSPS) is 10.8. The molecule has 2 aromatic carbocycles. The highest BCUT2D eigenvalue weighted by Gasteiger charge is 2.10. The summed E-state index contributed by atoms with van der Waals surface area (Å²) in [5.74, 6) is -0.0329. The summed E-state index contributed by atoms with van der Waals surface area (Å²) in [5, 5.41) is 13.2. The van der Waals surface area contributed by atoms with E-state index in [0.29, 0.717) is 10.8 Å². The minimum Gasteiger partial charge on any atom is -0.287 e. The summed E-state index contributed by atoms with van der Waals surface area (Å²) in [5.41, 5.74) is -0.814. The molecule has 82 valence electrons. The molecule has 0 fully saturated rings. The third-order valence-electron chi connectivity index (χ3n) is 2.39. The maximum atomic E-state index is 11.9.